The second-order valence-electron chi connectivity index (χ2n) is 6.95. The van der Waals surface area contributed by atoms with Crippen LogP contribution < -0.4 is 9.13 Å². The molecule has 0 amide bonds. The minimum absolute atomic E-state index is 0.0454. The fourth-order valence-electron chi connectivity index (χ4n) is 3.99. The highest BCUT2D eigenvalue weighted by atomic mass is 14.9. The Labute approximate surface area is 138 Å². The molecule has 4 rings (SSSR count). The van der Waals surface area contributed by atoms with Crippen molar-refractivity contribution in [3.63, 3.8) is 0 Å². The van der Waals surface area contributed by atoms with Gasteiger partial charge in [0.2, 0.25) is 5.52 Å². The molecule has 0 atom stereocenters. The van der Waals surface area contributed by atoms with E-state index in [1.165, 1.54) is 33.2 Å². The Morgan fingerprint density at radius 2 is 1.70 bits per heavy atom. The van der Waals surface area contributed by atoms with Gasteiger partial charge in [0.25, 0.3) is 0 Å². The highest BCUT2D eigenvalue weighted by molar-refractivity contribution is 5.98. The number of hydrogen-bond acceptors (Lipinski definition) is 0. The molecule has 2 aromatic heterocycles. The van der Waals surface area contributed by atoms with E-state index in [4.69, 9.17) is 0 Å². The maximum Gasteiger partial charge on any atom is 0.213 e. The van der Waals surface area contributed by atoms with Crippen LogP contribution in [0, 0.1) is 0 Å². The lowest BCUT2D eigenvalue weighted by Crippen LogP contribution is -2.36. The molecule has 2 nitrogen and oxygen atoms in total. The maximum atomic E-state index is 2.38. The van der Waals surface area contributed by atoms with Crippen LogP contribution in [-0.4, -0.2) is 0 Å². The average Bonchev–Trinajstić information content (AvgIpc) is 2.81. The number of rotatable bonds is 2. The Kier molecular flexibility index (Phi) is 3.06. The van der Waals surface area contributed by atoms with Crippen molar-refractivity contribution in [3.05, 3.63) is 60.0 Å². The zero-order valence-electron chi connectivity index (χ0n) is 14.4. The first kappa shape index (κ1) is 14.4. The molecule has 1 aliphatic rings. The topological polar surface area (TPSA) is 7.76 Å². The minimum atomic E-state index is 0.0454. The SMILES string of the molecule is CC[n+]1ccc2c(c1)C(C)(C)c1c[n+](CC)c3ccccc3c1-2. The number of pyridine rings is 2. The molecule has 0 spiro atoms. The van der Waals surface area contributed by atoms with Crippen LogP contribution in [0.15, 0.2) is 48.9 Å². The number of aryl methyl sites for hydroxylation is 2. The Balaban J connectivity index is 2.15. The molecule has 0 radical (unpaired) electrons. The molecule has 23 heavy (non-hydrogen) atoms. The van der Waals surface area contributed by atoms with Gasteiger partial charge in [0.05, 0.1) is 5.39 Å². The van der Waals surface area contributed by atoms with Gasteiger partial charge in [-0.15, -0.1) is 0 Å². The van der Waals surface area contributed by atoms with Crippen LogP contribution in [0.1, 0.15) is 38.8 Å². The molecule has 1 aliphatic carbocycles. The van der Waals surface area contributed by atoms with Crippen molar-refractivity contribution in [2.75, 3.05) is 0 Å². The van der Waals surface area contributed by atoms with Crippen molar-refractivity contribution >= 4 is 10.9 Å². The van der Waals surface area contributed by atoms with Crippen molar-refractivity contribution in [2.45, 2.75) is 46.2 Å². The van der Waals surface area contributed by atoms with E-state index >= 15 is 0 Å². The second kappa shape index (κ2) is 4.89. The summed E-state index contributed by atoms with van der Waals surface area (Å²) in [5.41, 5.74) is 7.08. The minimum Gasteiger partial charge on any atom is -0.205 e. The van der Waals surface area contributed by atoms with Gasteiger partial charge < -0.3 is 0 Å². The standard InChI is InChI=1S/C21H24N2/c1-5-22-12-11-15-17(13-22)21(3,4)18-14-23(6-2)19-10-8-7-9-16(19)20(15)18/h7-14H,5-6H2,1-4H3/q+2. The fourth-order valence-corrected chi connectivity index (χ4v) is 3.99. The first-order chi connectivity index (χ1) is 11.1. The molecule has 0 aliphatic heterocycles. The van der Waals surface area contributed by atoms with Gasteiger partial charge in [-0.25, -0.2) is 4.57 Å². The van der Waals surface area contributed by atoms with Gasteiger partial charge in [0.15, 0.2) is 18.6 Å². The molecule has 0 saturated carbocycles. The Morgan fingerprint density at radius 1 is 0.913 bits per heavy atom. The van der Waals surface area contributed by atoms with E-state index in [2.05, 4.69) is 85.8 Å². The summed E-state index contributed by atoms with van der Waals surface area (Å²) in [6.07, 6.45) is 6.91. The number of nitrogens with zero attached hydrogens (tertiary/aromatic N) is 2. The predicted molar refractivity (Wildman–Crippen MR) is 93.3 cm³/mol. The molecule has 3 aromatic rings. The Morgan fingerprint density at radius 3 is 2.43 bits per heavy atom. The normalized spacial score (nSPS) is 14.8. The number of fused-ring (bicyclic) bond motifs is 5. The average molecular weight is 304 g/mol. The summed E-state index contributed by atoms with van der Waals surface area (Å²) in [4.78, 5) is 0. The van der Waals surface area contributed by atoms with E-state index < -0.39 is 0 Å². The summed E-state index contributed by atoms with van der Waals surface area (Å²) < 4.78 is 4.66. The lowest BCUT2D eigenvalue weighted by molar-refractivity contribution is -0.694. The van der Waals surface area contributed by atoms with Crippen molar-refractivity contribution in [1.82, 2.24) is 0 Å². The van der Waals surface area contributed by atoms with E-state index in [9.17, 15) is 0 Å². The summed E-state index contributed by atoms with van der Waals surface area (Å²) in [5.74, 6) is 0. The molecule has 0 N–H and O–H groups in total. The highest BCUT2D eigenvalue weighted by Gasteiger charge is 2.41. The lowest BCUT2D eigenvalue weighted by Gasteiger charge is -2.19. The number of aromatic nitrogens is 2. The van der Waals surface area contributed by atoms with Crippen LogP contribution in [0.25, 0.3) is 22.0 Å². The Hall–Kier alpha value is -2.22. The van der Waals surface area contributed by atoms with Crippen LogP contribution >= 0.6 is 0 Å². The first-order valence-corrected chi connectivity index (χ1v) is 8.57. The summed E-state index contributed by atoms with van der Waals surface area (Å²) >= 11 is 0. The van der Waals surface area contributed by atoms with Gasteiger partial charge in [-0.05, 0) is 25.5 Å². The molecule has 2 heterocycles. The van der Waals surface area contributed by atoms with E-state index in [0.29, 0.717) is 0 Å². The van der Waals surface area contributed by atoms with Gasteiger partial charge in [-0.1, -0.05) is 26.0 Å². The zero-order valence-corrected chi connectivity index (χ0v) is 14.4. The third kappa shape index (κ3) is 1.87. The number of para-hydroxylation sites is 1. The van der Waals surface area contributed by atoms with Crippen LogP contribution in [0.2, 0.25) is 0 Å². The van der Waals surface area contributed by atoms with Crippen molar-refractivity contribution in [2.24, 2.45) is 0 Å². The second-order valence-corrected chi connectivity index (χ2v) is 6.95. The molecule has 116 valence electrons. The van der Waals surface area contributed by atoms with E-state index in [1.807, 2.05) is 0 Å². The third-order valence-corrected chi connectivity index (χ3v) is 5.38. The van der Waals surface area contributed by atoms with E-state index in [0.717, 1.165) is 13.1 Å². The highest BCUT2D eigenvalue weighted by Crippen LogP contribution is 2.49. The van der Waals surface area contributed by atoms with Crippen LogP contribution in [-0.2, 0) is 18.5 Å². The summed E-state index contributed by atoms with van der Waals surface area (Å²) in [6, 6.07) is 11.1. The van der Waals surface area contributed by atoms with Crippen LogP contribution in [0.5, 0.6) is 0 Å². The van der Waals surface area contributed by atoms with Crippen molar-refractivity contribution in [3.8, 4) is 11.1 Å². The maximum absolute atomic E-state index is 2.38. The summed E-state index contributed by atoms with van der Waals surface area (Å²) in [6.45, 7) is 11.1. The van der Waals surface area contributed by atoms with Gasteiger partial charge in [0.1, 0.15) is 13.1 Å². The predicted octanol–water partition coefficient (Wildman–Crippen LogP) is 3.76. The largest absolute Gasteiger partial charge is 0.213 e. The summed E-state index contributed by atoms with van der Waals surface area (Å²) in [5, 5.41) is 1.37. The van der Waals surface area contributed by atoms with Gasteiger partial charge >= 0.3 is 0 Å². The molecular weight excluding hydrogens is 280 g/mol. The quantitative estimate of drug-likeness (QED) is 0.637. The van der Waals surface area contributed by atoms with Gasteiger partial charge in [0, 0.05) is 34.2 Å². The molecular formula is C21H24N2+2. The number of benzene rings is 1. The monoisotopic (exact) mass is 304 g/mol. The van der Waals surface area contributed by atoms with Gasteiger partial charge in [-0.3, -0.25) is 0 Å². The molecule has 1 aromatic carbocycles. The first-order valence-electron chi connectivity index (χ1n) is 8.57. The van der Waals surface area contributed by atoms with Crippen molar-refractivity contribution in [1.29, 1.82) is 0 Å². The lowest BCUT2D eigenvalue weighted by atomic mass is 9.83. The molecule has 0 unspecified atom stereocenters. The Bertz CT molecular complexity index is 923. The molecule has 2 heteroatoms. The fraction of sp³-hybridized carbons (Fsp3) is 0.333. The van der Waals surface area contributed by atoms with Crippen molar-refractivity contribution < 1.29 is 9.13 Å². The molecule has 0 bridgehead atoms. The van der Waals surface area contributed by atoms with Gasteiger partial charge in [-0.2, -0.15) is 4.57 Å². The number of hydrogen-bond donors (Lipinski definition) is 0. The van der Waals surface area contributed by atoms with Crippen LogP contribution in [0.4, 0.5) is 0 Å². The summed E-state index contributed by atoms with van der Waals surface area (Å²) in [7, 11) is 0. The molecule has 0 saturated heterocycles. The third-order valence-electron chi connectivity index (χ3n) is 5.38. The smallest absolute Gasteiger partial charge is 0.205 e. The van der Waals surface area contributed by atoms with E-state index in [-0.39, 0.29) is 5.41 Å². The zero-order chi connectivity index (χ0) is 16.2. The van der Waals surface area contributed by atoms with E-state index in [1.54, 1.807) is 0 Å². The van der Waals surface area contributed by atoms with Crippen LogP contribution in [0.3, 0.4) is 0 Å². The molecule has 0 fully saturated rings.